The minimum Gasteiger partial charge on any atom is -0.0527 e. The minimum atomic E-state index is 1.04. The second kappa shape index (κ2) is 1.88. The maximum atomic E-state index is 4.11. The van der Waals surface area contributed by atoms with Crippen LogP contribution in [0.4, 0.5) is 5.69 Å². The van der Waals surface area contributed by atoms with Gasteiger partial charge in [0.25, 0.3) is 11.2 Å². The van der Waals surface area contributed by atoms with E-state index >= 15 is 0 Å². The van der Waals surface area contributed by atoms with Gasteiger partial charge in [0.2, 0.25) is 0 Å². The van der Waals surface area contributed by atoms with Gasteiger partial charge < -0.3 is 0 Å². The lowest BCUT2D eigenvalue weighted by Gasteiger charge is -1.81. The van der Waals surface area contributed by atoms with Crippen LogP contribution in [0.25, 0.3) is 0 Å². The Balaban J connectivity index is 2.63. The predicted octanol–water partition coefficient (Wildman–Crippen LogP) is 1.59. The molecule has 1 aromatic carbocycles. The lowest BCUT2D eigenvalue weighted by atomic mass is 10.3. The van der Waals surface area contributed by atoms with Crippen molar-refractivity contribution in [3.8, 4) is 0 Å². The molecule has 9 heavy (non-hydrogen) atoms. The van der Waals surface area contributed by atoms with Crippen LogP contribution >= 0.6 is 11.8 Å². The van der Waals surface area contributed by atoms with E-state index < -0.39 is 0 Å². The Bertz CT molecular complexity index is 255. The molecule has 1 aromatic rings. The van der Waals surface area contributed by atoms with Crippen molar-refractivity contribution in [1.29, 1.82) is 0 Å². The fraction of sp³-hybridized carbons (Fsp3) is 0. The molecular weight excluding hydrogens is 130 g/mol. The van der Waals surface area contributed by atoms with Crippen LogP contribution in [0, 0.1) is 6.07 Å². The molecule has 2 heteroatoms. The standard InChI is InChI=1S/C7H4NS/c1-2-4-7-6(3-1)8-5-9-7/h2-5H/q+1. The predicted molar refractivity (Wildman–Crippen MR) is 39.0 cm³/mol. The average Bonchev–Trinajstić information content (AvgIpc) is 2.33. The fourth-order valence-electron chi connectivity index (χ4n) is 0.748. The van der Waals surface area contributed by atoms with E-state index in [9.17, 15) is 0 Å². The highest BCUT2D eigenvalue weighted by molar-refractivity contribution is 8.12. The zero-order chi connectivity index (χ0) is 6.10. The van der Waals surface area contributed by atoms with Crippen LogP contribution in [0.1, 0.15) is 0 Å². The molecule has 1 nitrogen and oxygen atoms in total. The summed E-state index contributed by atoms with van der Waals surface area (Å²) in [6, 6.07) is 8.78. The molecule has 0 aromatic heterocycles. The van der Waals surface area contributed by atoms with Crippen LogP contribution in [0.2, 0.25) is 0 Å². The van der Waals surface area contributed by atoms with Gasteiger partial charge in [-0.2, -0.15) is 0 Å². The first kappa shape index (κ1) is 5.06. The lowest BCUT2D eigenvalue weighted by molar-refractivity contribution is 1.32. The van der Waals surface area contributed by atoms with E-state index in [0.29, 0.717) is 0 Å². The maximum absolute atomic E-state index is 4.11. The molecule has 0 fully saturated rings. The summed E-state index contributed by atoms with van der Waals surface area (Å²) in [6.07, 6.45) is 0. The first-order valence-corrected chi connectivity index (χ1v) is 3.54. The molecule has 1 aliphatic rings. The van der Waals surface area contributed by atoms with Crippen molar-refractivity contribution in [3.63, 3.8) is 0 Å². The molecule has 1 heterocycles. The van der Waals surface area contributed by atoms with Gasteiger partial charge in [-0.15, -0.1) is 0 Å². The third kappa shape index (κ3) is 0.754. The quantitative estimate of drug-likeness (QED) is 0.525. The molecule has 0 bridgehead atoms. The molecule has 0 N–H and O–H groups in total. The van der Waals surface area contributed by atoms with Crippen molar-refractivity contribution in [1.82, 2.24) is 4.99 Å². The first-order valence-electron chi connectivity index (χ1n) is 2.66. The van der Waals surface area contributed by atoms with Crippen LogP contribution in [0.3, 0.4) is 0 Å². The Morgan fingerprint density at radius 3 is 3.44 bits per heavy atom. The summed E-state index contributed by atoms with van der Waals surface area (Å²) in [6.45, 7) is 0. The normalized spacial score (nSPS) is 13.8. The minimum absolute atomic E-state index is 1.04. The third-order valence-corrected chi connectivity index (χ3v) is 1.98. The van der Waals surface area contributed by atoms with Gasteiger partial charge in [0.1, 0.15) is 0 Å². The largest absolute Gasteiger partial charge is 0.292 e. The molecule has 1 aliphatic heterocycles. The lowest BCUT2D eigenvalue weighted by Crippen LogP contribution is -1.71. The summed E-state index contributed by atoms with van der Waals surface area (Å²) in [5.74, 6) is 0. The number of thioether (sulfide) groups is 1. The van der Waals surface area contributed by atoms with Crippen molar-refractivity contribution in [2.75, 3.05) is 0 Å². The molecule has 0 atom stereocenters. The first-order chi connectivity index (χ1) is 4.47. The third-order valence-electron chi connectivity index (χ3n) is 1.17. The topological polar surface area (TPSA) is 14.1 Å². The second-order valence-corrected chi connectivity index (χ2v) is 2.63. The van der Waals surface area contributed by atoms with E-state index in [0.717, 1.165) is 5.69 Å². The van der Waals surface area contributed by atoms with Gasteiger partial charge in [-0.1, -0.05) is 6.07 Å². The summed E-state index contributed by atoms with van der Waals surface area (Å²) >= 11 is 1.66. The molecule has 0 unspecified atom stereocenters. The highest BCUT2D eigenvalue weighted by Gasteiger charge is 2.16. The Morgan fingerprint density at radius 2 is 2.56 bits per heavy atom. The maximum Gasteiger partial charge on any atom is 0.292 e. The Labute approximate surface area is 57.8 Å². The number of hydrogen-bond donors (Lipinski definition) is 0. The zero-order valence-electron chi connectivity index (χ0n) is 4.66. The van der Waals surface area contributed by atoms with E-state index in [1.165, 1.54) is 4.90 Å². The molecule has 2 radical (unpaired) electrons. The van der Waals surface area contributed by atoms with Gasteiger partial charge in [-0.3, -0.25) is 0 Å². The van der Waals surface area contributed by atoms with Crippen molar-refractivity contribution in [2.45, 2.75) is 4.90 Å². The Hall–Kier alpha value is -0.760. The number of benzene rings is 1. The molecule has 0 aliphatic carbocycles. The summed E-state index contributed by atoms with van der Waals surface area (Å²) in [5, 5.41) is 0. The van der Waals surface area contributed by atoms with Gasteiger partial charge >= 0.3 is 0 Å². The Morgan fingerprint density at radius 1 is 1.56 bits per heavy atom. The van der Waals surface area contributed by atoms with Crippen LogP contribution < -0.4 is 4.99 Å². The molecule has 0 saturated heterocycles. The molecular formula is C7H4NS+. The SMILES string of the molecule is [c]1ccc2c(c1)[N+]=CS2. The fourth-order valence-corrected chi connectivity index (χ4v) is 1.41. The zero-order valence-corrected chi connectivity index (χ0v) is 5.48. The molecule has 42 valence electrons. The van der Waals surface area contributed by atoms with Gasteiger partial charge in [0.15, 0.2) is 0 Å². The molecule has 2 rings (SSSR count). The van der Waals surface area contributed by atoms with Gasteiger partial charge in [-0.05, 0) is 23.9 Å². The van der Waals surface area contributed by atoms with Crippen molar-refractivity contribution < 1.29 is 0 Å². The number of nitrogens with zero attached hydrogens (tertiary/aromatic N) is 1. The number of rotatable bonds is 0. The highest BCUT2D eigenvalue weighted by Crippen LogP contribution is 2.27. The van der Waals surface area contributed by atoms with Gasteiger partial charge in [0.05, 0.1) is 9.89 Å². The number of hydrogen-bond acceptors (Lipinski definition) is 2. The van der Waals surface area contributed by atoms with E-state index in [2.05, 4.69) is 11.1 Å². The van der Waals surface area contributed by atoms with Crippen LogP contribution in [-0.2, 0) is 0 Å². The molecule has 0 amide bonds. The molecule has 0 saturated carbocycles. The smallest absolute Gasteiger partial charge is 0.0527 e. The van der Waals surface area contributed by atoms with Crippen molar-refractivity contribution in [2.24, 2.45) is 0 Å². The van der Waals surface area contributed by atoms with Gasteiger partial charge in [0, 0.05) is 6.07 Å². The Kier molecular flexibility index (Phi) is 1.06. The van der Waals surface area contributed by atoms with Crippen molar-refractivity contribution >= 4 is 23.0 Å². The second-order valence-electron chi connectivity index (χ2n) is 1.75. The number of aliphatic imine (C=N–C) groups is 1. The van der Waals surface area contributed by atoms with Crippen LogP contribution in [0.5, 0.6) is 0 Å². The summed E-state index contributed by atoms with van der Waals surface area (Å²) in [7, 11) is 0. The highest BCUT2D eigenvalue weighted by atomic mass is 32.2. The summed E-state index contributed by atoms with van der Waals surface area (Å²) < 4.78 is 0. The molecule has 0 spiro atoms. The van der Waals surface area contributed by atoms with Crippen LogP contribution in [-0.4, -0.2) is 5.55 Å². The van der Waals surface area contributed by atoms with Gasteiger partial charge in [-0.25, -0.2) is 0 Å². The summed E-state index contributed by atoms with van der Waals surface area (Å²) in [5.41, 5.74) is 2.89. The monoisotopic (exact) mass is 134 g/mol. The van der Waals surface area contributed by atoms with E-state index in [1.807, 2.05) is 23.7 Å². The van der Waals surface area contributed by atoms with E-state index in [-0.39, 0.29) is 0 Å². The van der Waals surface area contributed by atoms with E-state index in [1.54, 1.807) is 11.8 Å². The van der Waals surface area contributed by atoms with Crippen LogP contribution in [0.15, 0.2) is 23.1 Å². The number of fused-ring (bicyclic) bond motifs is 1. The summed E-state index contributed by atoms with van der Waals surface area (Å²) in [4.78, 5) is 5.34. The van der Waals surface area contributed by atoms with E-state index in [4.69, 9.17) is 0 Å². The van der Waals surface area contributed by atoms with Crippen molar-refractivity contribution in [3.05, 3.63) is 24.3 Å². The average molecular weight is 134 g/mol.